The summed E-state index contributed by atoms with van der Waals surface area (Å²) in [4.78, 5) is 10.1. The first-order valence-corrected chi connectivity index (χ1v) is 17.7. The number of aliphatic imine (C=N–C) groups is 2. The van der Waals surface area contributed by atoms with Crippen LogP contribution in [0.25, 0.3) is 11.4 Å². The van der Waals surface area contributed by atoms with Crippen LogP contribution in [0.4, 0.5) is 0 Å². The molecule has 2 aliphatic carbocycles. The molecule has 4 heteroatoms. The summed E-state index contributed by atoms with van der Waals surface area (Å²) in [5.74, 6) is 0. The minimum Gasteiger partial charge on any atom is -0.398 e. The van der Waals surface area contributed by atoms with Crippen molar-refractivity contribution in [2.45, 2.75) is 129 Å². The van der Waals surface area contributed by atoms with Gasteiger partial charge in [-0.1, -0.05) is 99.9 Å². The van der Waals surface area contributed by atoms with Crippen molar-refractivity contribution in [3.63, 3.8) is 0 Å². The first-order valence-electron chi connectivity index (χ1n) is 17.7. The predicted octanol–water partition coefficient (Wildman–Crippen LogP) is 10.3. The van der Waals surface area contributed by atoms with Gasteiger partial charge in [-0.2, -0.15) is 0 Å². The topological polar surface area (TPSA) is 76.8 Å². The Morgan fingerprint density at radius 1 is 0.500 bits per heavy atom. The molecule has 2 saturated carbocycles. The third kappa shape index (κ3) is 10.2. The minimum atomic E-state index is 0.944. The molecule has 0 aromatic heterocycles. The van der Waals surface area contributed by atoms with Crippen LogP contribution < -0.4 is 11.5 Å². The Labute approximate surface area is 268 Å². The van der Waals surface area contributed by atoms with Gasteiger partial charge in [0.1, 0.15) is 0 Å². The summed E-state index contributed by atoms with van der Waals surface area (Å²) < 4.78 is 0. The maximum atomic E-state index is 6.66. The fraction of sp³-hybridized carbons (Fsp3) is 0.550. The van der Waals surface area contributed by atoms with Gasteiger partial charge < -0.3 is 11.5 Å². The van der Waals surface area contributed by atoms with Crippen LogP contribution in [0, 0.1) is 13.8 Å². The molecule has 4 rings (SSSR count). The van der Waals surface area contributed by atoms with E-state index < -0.39 is 0 Å². The lowest BCUT2D eigenvalue weighted by Crippen LogP contribution is -2.16. The maximum Gasteiger partial charge on any atom is 0.0441 e. The first kappa shape index (κ1) is 33.7. The van der Waals surface area contributed by atoms with E-state index in [0.29, 0.717) is 0 Å². The number of hydrogen-bond acceptors (Lipinski definition) is 4. The molecule has 238 valence electrons. The van der Waals surface area contributed by atoms with Crippen LogP contribution in [-0.4, -0.2) is 24.5 Å². The number of nitrogens with two attached hydrogens (primary N) is 2. The third-order valence-corrected chi connectivity index (χ3v) is 9.57. The Hall–Kier alpha value is -3.14. The van der Waals surface area contributed by atoms with Crippen molar-refractivity contribution in [1.29, 1.82) is 0 Å². The van der Waals surface area contributed by atoms with E-state index in [-0.39, 0.29) is 0 Å². The zero-order valence-corrected chi connectivity index (χ0v) is 27.8. The number of nitrogens with zero attached hydrogens (tertiary/aromatic N) is 2. The average molecular weight is 595 g/mol. The molecular weight excluding hydrogens is 536 g/mol. The number of rotatable bonds is 15. The molecule has 0 unspecified atom stereocenters. The molecular formula is C40H58N4. The highest BCUT2D eigenvalue weighted by atomic mass is 14.8. The van der Waals surface area contributed by atoms with Crippen molar-refractivity contribution >= 4 is 22.8 Å². The molecule has 0 amide bonds. The molecule has 0 saturated heterocycles. The average Bonchev–Trinajstić information content (AvgIpc) is 3.05. The molecule has 0 spiro atoms. The van der Waals surface area contributed by atoms with E-state index in [1.54, 1.807) is 0 Å². The minimum absolute atomic E-state index is 0.944. The van der Waals surface area contributed by atoms with E-state index in [4.69, 9.17) is 21.5 Å². The maximum absolute atomic E-state index is 6.66. The van der Waals surface area contributed by atoms with Crippen LogP contribution in [-0.2, 0) is 0 Å². The van der Waals surface area contributed by atoms with Gasteiger partial charge >= 0.3 is 0 Å². The zero-order valence-electron chi connectivity index (χ0n) is 27.8. The van der Waals surface area contributed by atoms with Gasteiger partial charge in [0.25, 0.3) is 0 Å². The second-order valence-corrected chi connectivity index (χ2v) is 13.0. The summed E-state index contributed by atoms with van der Waals surface area (Å²) in [6.45, 7) is 6.18. The number of unbranched alkanes of at least 4 members (excludes halogenated alkanes) is 9. The second kappa shape index (κ2) is 18.6. The zero-order chi connectivity index (χ0) is 31.0. The molecule has 0 bridgehead atoms. The molecule has 0 aliphatic heterocycles. The van der Waals surface area contributed by atoms with Crippen molar-refractivity contribution in [2.24, 2.45) is 21.5 Å². The van der Waals surface area contributed by atoms with Crippen LogP contribution in [0.3, 0.4) is 0 Å². The molecule has 2 aromatic carbocycles. The smallest absolute Gasteiger partial charge is 0.0441 e. The highest BCUT2D eigenvalue weighted by Gasteiger charge is 2.19. The van der Waals surface area contributed by atoms with Crippen LogP contribution in [0.2, 0.25) is 0 Å². The summed E-state index contributed by atoms with van der Waals surface area (Å²) in [7, 11) is 0. The Kier molecular flexibility index (Phi) is 14.3. The molecule has 44 heavy (non-hydrogen) atoms. The quantitative estimate of drug-likeness (QED) is 0.201. The van der Waals surface area contributed by atoms with Gasteiger partial charge in [0, 0.05) is 47.0 Å². The van der Waals surface area contributed by atoms with E-state index in [1.165, 1.54) is 135 Å². The molecule has 2 fully saturated rings. The summed E-state index contributed by atoms with van der Waals surface area (Å²) >= 11 is 0. The summed E-state index contributed by atoms with van der Waals surface area (Å²) in [5, 5.41) is 0. The van der Waals surface area contributed by atoms with Crippen molar-refractivity contribution < 1.29 is 0 Å². The molecule has 2 aromatic rings. The van der Waals surface area contributed by atoms with E-state index in [1.807, 2.05) is 0 Å². The lowest BCUT2D eigenvalue weighted by molar-refractivity contribution is 0.554. The van der Waals surface area contributed by atoms with Gasteiger partial charge in [0.05, 0.1) is 0 Å². The number of aryl methyl sites for hydroxylation is 2. The summed E-state index contributed by atoms with van der Waals surface area (Å²) in [5.41, 5.74) is 25.2. The largest absolute Gasteiger partial charge is 0.398 e. The van der Waals surface area contributed by atoms with E-state index in [9.17, 15) is 0 Å². The second-order valence-electron chi connectivity index (χ2n) is 13.0. The van der Waals surface area contributed by atoms with Crippen molar-refractivity contribution in [3.8, 4) is 0 Å². The van der Waals surface area contributed by atoms with Crippen LogP contribution >= 0.6 is 0 Å². The van der Waals surface area contributed by atoms with Crippen LogP contribution in [0.15, 0.2) is 69.7 Å². The van der Waals surface area contributed by atoms with Gasteiger partial charge in [0.15, 0.2) is 0 Å². The van der Waals surface area contributed by atoms with Gasteiger partial charge in [-0.05, 0) is 100 Å². The number of benzene rings is 2. The Balaban J connectivity index is 1.07. The Morgan fingerprint density at radius 2 is 0.841 bits per heavy atom. The fourth-order valence-corrected chi connectivity index (χ4v) is 6.85. The van der Waals surface area contributed by atoms with Gasteiger partial charge in [0.2, 0.25) is 0 Å². The van der Waals surface area contributed by atoms with Crippen molar-refractivity contribution in [3.05, 3.63) is 81.9 Å². The predicted molar refractivity (Wildman–Crippen MR) is 192 cm³/mol. The molecule has 0 atom stereocenters. The van der Waals surface area contributed by atoms with Gasteiger partial charge in [-0.3, -0.25) is 9.98 Å². The van der Waals surface area contributed by atoms with Crippen LogP contribution in [0.5, 0.6) is 0 Å². The van der Waals surface area contributed by atoms with Crippen molar-refractivity contribution in [2.75, 3.05) is 13.1 Å². The fourth-order valence-electron chi connectivity index (χ4n) is 6.85. The highest BCUT2D eigenvalue weighted by Crippen LogP contribution is 2.29. The highest BCUT2D eigenvalue weighted by molar-refractivity contribution is 6.07. The normalized spacial score (nSPS) is 19.9. The van der Waals surface area contributed by atoms with E-state index in [2.05, 4.69) is 62.4 Å². The summed E-state index contributed by atoms with van der Waals surface area (Å²) in [6, 6.07) is 16.9. The van der Waals surface area contributed by atoms with Crippen molar-refractivity contribution in [1.82, 2.24) is 0 Å². The standard InChI is InChI=1S/C40H58N4/c1-31-21-11-13-23-33(31)39(41)35-25-15-17-27-37(35)43-29-19-9-7-5-3-4-6-8-10-20-30-44-38-28-18-16-26-36(38)40(42)34-24-14-12-22-32(34)2/h11-14,21-24H,3-10,15-20,25-30,41-42H2,1-2H3/b39-35+,40-36+,43-37?,44-38?. The molecule has 0 heterocycles. The molecule has 0 radical (unpaired) electrons. The van der Waals surface area contributed by atoms with E-state index in [0.717, 1.165) is 50.2 Å². The van der Waals surface area contributed by atoms with Gasteiger partial charge in [-0.25, -0.2) is 0 Å². The third-order valence-electron chi connectivity index (χ3n) is 9.57. The molecule has 2 aliphatic rings. The van der Waals surface area contributed by atoms with E-state index >= 15 is 0 Å². The number of hydrogen-bond donors (Lipinski definition) is 2. The molecule has 4 N–H and O–H groups in total. The lowest BCUT2D eigenvalue weighted by atomic mass is 9.88. The monoisotopic (exact) mass is 594 g/mol. The number of allylic oxidation sites excluding steroid dienone is 2. The molecule has 4 nitrogen and oxygen atoms in total. The summed E-state index contributed by atoms with van der Waals surface area (Å²) in [6.07, 6.45) is 22.3. The first-order chi connectivity index (χ1) is 21.6. The Morgan fingerprint density at radius 3 is 1.23 bits per heavy atom. The SMILES string of the molecule is Cc1ccccc1/C(N)=C1/CCCCC1=NCCCCCCCCCCCCN=C1CCCC/C1=C(\N)c1ccccc1C. The Bertz CT molecular complexity index is 1210. The van der Waals surface area contributed by atoms with Gasteiger partial charge in [-0.15, -0.1) is 0 Å². The lowest BCUT2D eigenvalue weighted by Gasteiger charge is -2.21. The van der Waals surface area contributed by atoms with Crippen LogP contribution in [0.1, 0.15) is 138 Å².